The molecule has 0 atom stereocenters. The van der Waals surface area contributed by atoms with Gasteiger partial charge < -0.3 is 14.6 Å². The summed E-state index contributed by atoms with van der Waals surface area (Å²) in [6.45, 7) is 9.35. The molecule has 0 spiro atoms. The average Bonchev–Trinajstić information content (AvgIpc) is 2.80. The van der Waals surface area contributed by atoms with Gasteiger partial charge in [0.25, 0.3) is 0 Å². The van der Waals surface area contributed by atoms with E-state index in [1.807, 2.05) is 31.2 Å². The molecule has 2 aromatic rings. The number of nitrogens with zero attached hydrogens (tertiary/aromatic N) is 1. The molecule has 1 aromatic heterocycles. The number of halogens is 1. The number of hydrogen-bond donors (Lipinski definition) is 1. The van der Waals surface area contributed by atoms with Crippen molar-refractivity contribution in [2.45, 2.75) is 46.4 Å². The van der Waals surface area contributed by atoms with Crippen LogP contribution in [0, 0.1) is 6.92 Å². The van der Waals surface area contributed by atoms with Crippen molar-refractivity contribution in [3.63, 3.8) is 0 Å². The van der Waals surface area contributed by atoms with Gasteiger partial charge in [-0.3, -0.25) is 0 Å². The van der Waals surface area contributed by atoms with Crippen molar-refractivity contribution >= 4 is 11.6 Å². The fourth-order valence-corrected chi connectivity index (χ4v) is 2.03. The van der Waals surface area contributed by atoms with Crippen molar-refractivity contribution in [3.8, 4) is 5.75 Å². The van der Waals surface area contributed by atoms with Crippen molar-refractivity contribution in [3.05, 3.63) is 46.3 Å². The molecule has 1 N–H and O–H groups in total. The van der Waals surface area contributed by atoms with Gasteiger partial charge in [0.2, 0.25) is 0 Å². The quantitative estimate of drug-likeness (QED) is 0.903. The third-order valence-corrected chi connectivity index (χ3v) is 3.16. The first-order valence-corrected chi connectivity index (χ1v) is 7.30. The molecule has 21 heavy (non-hydrogen) atoms. The topological polar surface area (TPSA) is 47.3 Å². The largest absolute Gasteiger partial charge is 0.484 e. The van der Waals surface area contributed by atoms with E-state index in [2.05, 4.69) is 31.2 Å². The van der Waals surface area contributed by atoms with E-state index in [-0.39, 0.29) is 5.54 Å². The summed E-state index contributed by atoms with van der Waals surface area (Å²) in [5.74, 6) is 1.33. The zero-order chi connectivity index (χ0) is 15.5. The zero-order valence-electron chi connectivity index (χ0n) is 12.9. The highest BCUT2D eigenvalue weighted by Gasteiger charge is 2.10. The van der Waals surface area contributed by atoms with E-state index in [1.165, 1.54) is 0 Å². The third kappa shape index (κ3) is 5.06. The Bertz CT molecular complexity index is 603. The van der Waals surface area contributed by atoms with Crippen LogP contribution in [-0.4, -0.2) is 10.7 Å². The van der Waals surface area contributed by atoms with E-state index in [1.54, 1.807) is 0 Å². The lowest BCUT2D eigenvalue weighted by atomic mass is 10.1. The predicted molar refractivity (Wildman–Crippen MR) is 83.6 cm³/mol. The predicted octanol–water partition coefficient (Wildman–Crippen LogP) is 4.10. The lowest BCUT2D eigenvalue weighted by Gasteiger charge is -2.20. The SMILES string of the molecule is Cc1cc(COc2ccc(CNC(C)(C)C)cc2Cl)on1. The van der Waals surface area contributed by atoms with Crippen LogP contribution in [0.4, 0.5) is 0 Å². The van der Waals surface area contributed by atoms with E-state index in [9.17, 15) is 0 Å². The summed E-state index contributed by atoms with van der Waals surface area (Å²) in [6, 6.07) is 7.65. The Morgan fingerprint density at radius 1 is 1.29 bits per heavy atom. The van der Waals surface area contributed by atoms with Crippen LogP contribution in [-0.2, 0) is 13.2 Å². The van der Waals surface area contributed by atoms with Gasteiger partial charge in [0.15, 0.2) is 5.76 Å². The Labute approximate surface area is 130 Å². The van der Waals surface area contributed by atoms with Crippen LogP contribution >= 0.6 is 11.6 Å². The molecule has 0 amide bonds. The number of nitrogens with one attached hydrogen (secondary N) is 1. The summed E-state index contributed by atoms with van der Waals surface area (Å²) in [7, 11) is 0. The minimum atomic E-state index is 0.0752. The summed E-state index contributed by atoms with van der Waals surface area (Å²) in [5, 5.41) is 7.84. The fraction of sp³-hybridized carbons (Fsp3) is 0.438. The van der Waals surface area contributed by atoms with E-state index >= 15 is 0 Å². The van der Waals surface area contributed by atoms with Gasteiger partial charge >= 0.3 is 0 Å². The molecule has 0 bridgehead atoms. The number of benzene rings is 1. The number of rotatable bonds is 5. The second-order valence-electron chi connectivity index (χ2n) is 6.09. The van der Waals surface area contributed by atoms with Crippen LogP contribution in [0.15, 0.2) is 28.8 Å². The average molecular weight is 309 g/mol. The highest BCUT2D eigenvalue weighted by molar-refractivity contribution is 6.32. The maximum atomic E-state index is 6.25. The van der Waals surface area contributed by atoms with Crippen molar-refractivity contribution in [1.29, 1.82) is 0 Å². The van der Waals surface area contributed by atoms with Crippen molar-refractivity contribution in [2.75, 3.05) is 0 Å². The smallest absolute Gasteiger partial charge is 0.174 e. The van der Waals surface area contributed by atoms with Gasteiger partial charge in [-0.25, -0.2) is 0 Å². The molecule has 0 radical (unpaired) electrons. The lowest BCUT2D eigenvalue weighted by molar-refractivity contribution is 0.249. The Kier molecular flexibility index (Phi) is 4.91. The third-order valence-electron chi connectivity index (χ3n) is 2.87. The van der Waals surface area contributed by atoms with Crippen LogP contribution in [0.25, 0.3) is 0 Å². The molecule has 0 aliphatic heterocycles. The number of aryl methyl sites for hydroxylation is 1. The molecular formula is C16H21ClN2O2. The van der Waals surface area contributed by atoms with E-state index in [4.69, 9.17) is 20.9 Å². The fourth-order valence-electron chi connectivity index (χ4n) is 1.77. The van der Waals surface area contributed by atoms with Crippen molar-refractivity contribution in [2.24, 2.45) is 0 Å². The molecule has 0 aliphatic carbocycles. The first-order chi connectivity index (χ1) is 9.83. The van der Waals surface area contributed by atoms with Crippen LogP contribution in [0.5, 0.6) is 5.75 Å². The number of ether oxygens (including phenoxy) is 1. The second-order valence-corrected chi connectivity index (χ2v) is 6.50. The molecule has 5 heteroatoms. The van der Waals surface area contributed by atoms with Crippen molar-refractivity contribution < 1.29 is 9.26 Å². The number of aromatic nitrogens is 1. The van der Waals surface area contributed by atoms with Crippen LogP contribution in [0.2, 0.25) is 5.02 Å². The summed E-state index contributed by atoms with van der Waals surface area (Å²) in [4.78, 5) is 0. The lowest BCUT2D eigenvalue weighted by Crippen LogP contribution is -2.35. The maximum absolute atomic E-state index is 6.25. The zero-order valence-corrected chi connectivity index (χ0v) is 13.6. The molecule has 114 valence electrons. The molecular weight excluding hydrogens is 288 g/mol. The summed E-state index contributed by atoms with van der Waals surface area (Å²) in [5.41, 5.74) is 2.03. The summed E-state index contributed by atoms with van der Waals surface area (Å²) < 4.78 is 10.7. The molecule has 1 heterocycles. The Balaban J connectivity index is 1.95. The summed E-state index contributed by atoms with van der Waals surface area (Å²) >= 11 is 6.25. The van der Waals surface area contributed by atoms with Gasteiger partial charge in [-0.05, 0) is 45.4 Å². The van der Waals surface area contributed by atoms with Gasteiger partial charge in [0.05, 0.1) is 10.7 Å². The maximum Gasteiger partial charge on any atom is 0.174 e. The standard InChI is InChI=1S/C16H21ClN2O2/c1-11-7-13(21-19-11)10-20-15-6-5-12(8-14(15)17)9-18-16(2,3)4/h5-8,18H,9-10H2,1-4H3. The van der Waals surface area contributed by atoms with E-state index in [0.717, 1.165) is 17.8 Å². The first kappa shape index (κ1) is 15.9. The molecule has 0 unspecified atom stereocenters. The first-order valence-electron chi connectivity index (χ1n) is 6.92. The highest BCUT2D eigenvalue weighted by Crippen LogP contribution is 2.26. The Morgan fingerprint density at radius 3 is 2.62 bits per heavy atom. The molecule has 0 saturated heterocycles. The molecule has 1 aromatic carbocycles. The monoisotopic (exact) mass is 308 g/mol. The van der Waals surface area contributed by atoms with E-state index < -0.39 is 0 Å². The van der Waals surface area contributed by atoms with Gasteiger partial charge in [-0.1, -0.05) is 22.8 Å². The number of hydrogen-bond acceptors (Lipinski definition) is 4. The van der Waals surface area contributed by atoms with Gasteiger partial charge in [0.1, 0.15) is 12.4 Å². The van der Waals surface area contributed by atoms with Gasteiger partial charge in [-0.2, -0.15) is 0 Å². The normalized spacial score (nSPS) is 11.7. The molecule has 4 nitrogen and oxygen atoms in total. The van der Waals surface area contributed by atoms with Crippen LogP contribution in [0.1, 0.15) is 37.8 Å². The minimum Gasteiger partial charge on any atom is -0.484 e. The van der Waals surface area contributed by atoms with Crippen LogP contribution in [0.3, 0.4) is 0 Å². The highest BCUT2D eigenvalue weighted by atomic mass is 35.5. The molecule has 0 saturated carbocycles. The van der Waals surface area contributed by atoms with Crippen molar-refractivity contribution in [1.82, 2.24) is 10.5 Å². The van der Waals surface area contributed by atoms with Crippen LogP contribution < -0.4 is 10.1 Å². The van der Waals surface area contributed by atoms with Gasteiger partial charge in [0, 0.05) is 18.2 Å². The second kappa shape index (κ2) is 6.50. The molecule has 0 fully saturated rings. The summed E-state index contributed by atoms with van der Waals surface area (Å²) in [6.07, 6.45) is 0. The van der Waals surface area contributed by atoms with E-state index in [0.29, 0.717) is 23.1 Å². The Hall–Kier alpha value is -1.52. The molecule has 0 aliphatic rings. The minimum absolute atomic E-state index is 0.0752. The molecule has 2 rings (SSSR count). The Morgan fingerprint density at radius 2 is 2.05 bits per heavy atom. The van der Waals surface area contributed by atoms with Gasteiger partial charge in [-0.15, -0.1) is 0 Å².